The highest BCUT2D eigenvalue weighted by Gasteiger charge is 2.10. The molecule has 0 aliphatic carbocycles. The van der Waals surface area contributed by atoms with E-state index in [4.69, 9.17) is 0 Å². The number of benzene rings is 1. The van der Waals surface area contributed by atoms with E-state index >= 15 is 0 Å². The molecule has 17 heavy (non-hydrogen) atoms. The lowest BCUT2D eigenvalue weighted by Gasteiger charge is -2.11. The van der Waals surface area contributed by atoms with Crippen molar-refractivity contribution in [3.63, 3.8) is 0 Å². The van der Waals surface area contributed by atoms with Gasteiger partial charge >= 0.3 is 0 Å². The number of aryl methyl sites for hydroxylation is 1. The van der Waals surface area contributed by atoms with Crippen LogP contribution in [0.3, 0.4) is 0 Å². The molecule has 1 aromatic heterocycles. The van der Waals surface area contributed by atoms with Crippen LogP contribution < -0.4 is 0 Å². The summed E-state index contributed by atoms with van der Waals surface area (Å²) in [6, 6.07) is 8.10. The lowest BCUT2D eigenvalue weighted by atomic mass is 10.0. The number of hydrogen-bond donors (Lipinski definition) is 1. The fourth-order valence-electron chi connectivity index (χ4n) is 2.10. The molecule has 1 N–H and O–H groups in total. The Kier molecular flexibility index (Phi) is 3.69. The molecule has 3 nitrogen and oxygen atoms in total. The summed E-state index contributed by atoms with van der Waals surface area (Å²) in [4.78, 5) is 0. The van der Waals surface area contributed by atoms with Crippen molar-refractivity contribution in [1.29, 1.82) is 0 Å². The molecule has 0 aliphatic rings. The zero-order chi connectivity index (χ0) is 12.3. The second-order valence-corrected chi connectivity index (χ2v) is 4.42. The van der Waals surface area contributed by atoms with Gasteiger partial charge in [-0.1, -0.05) is 37.6 Å². The average Bonchev–Trinajstić information content (AvgIpc) is 2.34. The van der Waals surface area contributed by atoms with Gasteiger partial charge in [0.05, 0.1) is 17.5 Å². The Hall–Kier alpha value is -1.48. The summed E-state index contributed by atoms with van der Waals surface area (Å²) < 4.78 is 0. The van der Waals surface area contributed by atoms with Crippen molar-refractivity contribution < 1.29 is 5.11 Å². The predicted octanol–water partition coefficient (Wildman–Crippen LogP) is 2.64. The molecule has 0 radical (unpaired) electrons. The fraction of sp³-hybridized carbons (Fsp3) is 0.429. The standard InChI is InChI=1S/C14H18N2O/c1-3-6-11(17)9-14-13-8-5-4-7-12(13)10(2)15-16-14/h4-5,7-8,11,17H,3,6,9H2,1-2H3. The Morgan fingerprint density at radius 1 is 1.18 bits per heavy atom. The van der Waals surface area contributed by atoms with E-state index in [0.717, 1.165) is 35.0 Å². The molecule has 0 spiro atoms. The van der Waals surface area contributed by atoms with Gasteiger partial charge in [0.1, 0.15) is 0 Å². The summed E-state index contributed by atoms with van der Waals surface area (Å²) in [6.07, 6.45) is 2.06. The quantitative estimate of drug-likeness (QED) is 0.878. The minimum Gasteiger partial charge on any atom is -0.393 e. The van der Waals surface area contributed by atoms with E-state index in [9.17, 15) is 5.11 Å². The van der Waals surface area contributed by atoms with Gasteiger partial charge in [-0.3, -0.25) is 0 Å². The summed E-state index contributed by atoms with van der Waals surface area (Å²) in [5.74, 6) is 0. The van der Waals surface area contributed by atoms with Crippen molar-refractivity contribution in [1.82, 2.24) is 10.2 Å². The van der Waals surface area contributed by atoms with Crippen molar-refractivity contribution >= 4 is 10.8 Å². The summed E-state index contributed by atoms with van der Waals surface area (Å²) in [6.45, 7) is 4.03. The van der Waals surface area contributed by atoms with Crippen LogP contribution in [0, 0.1) is 6.92 Å². The molecule has 1 atom stereocenters. The van der Waals surface area contributed by atoms with Gasteiger partial charge < -0.3 is 5.11 Å². The normalized spacial score (nSPS) is 12.9. The van der Waals surface area contributed by atoms with E-state index in [-0.39, 0.29) is 6.10 Å². The lowest BCUT2D eigenvalue weighted by Crippen LogP contribution is -2.12. The molecule has 1 heterocycles. The van der Waals surface area contributed by atoms with E-state index in [1.54, 1.807) is 0 Å². The maximum Gasteiger partial charge on any atom is 0.0735 e. The smallest absolute Gasteiger partial charge is 0.0735 e. The number of aliphatic hydroxyl groups excluding tert-OH is 1. The highest BCUT2D eigenvalue weighted by molar-refractivity contribution is 5.86. The zero-order valence-electron chi connectivity index (χ0n) is 10.3. The van der Waals surface area contributed by atoms with E-state index in [2.05, 4.69) is 23.2 Å². The second kappa shape index (κ2) is 5.23. The minimum absolute atomic E-state index is 0.319. The van der Waals surface area contributed by atoms with Gasteiger partial charge in [0, 0.05) is 17.2 Å². The Morgan fingerprint density at radius 2 is 1.88 bits per heavy atom. The van der Waals surface area contributed by atoms with Crippen LogP contribution >= 0.6 is 0 Å². The molecule has 2 rings (SSSR count). The van der Waals surface area contributed by atoms with Crippen LogP contribution in [-0.4, -0.2) is 21.4 Å². The van der Waals surface area contributed by atoms with Crippen molar-refractivity contribution in [2.75, 3.05) is 0 Å². The third kappa shape index (κ3) is 2.61. The minimum atomic E-state index is -0.319. The Bertz CT molecular complexity index is 511. The first-order valence-corrected chi connectivity index (χ1v) is 6.11. The van der Waals surface area contributed by atoms with Gasteiger partial charge in [-0.2, -0.15) is 10.2 Å². The third-order valence-electron chi connectivity index (χ3n) is 3.00. The number of aromatic nitrogens is 2. The zero-order valence-corrected chi connectivity index (χ0v) is 10.3. The van der Waals surface area contributed by atoms with Crippen LogP contribution in [0.15, 0.2) is 24.3 Å². The maximum absolute atomic E-state index is 9.86. The van der Waals surface area contributed by atoms with Crippen LogP contribution in [0.5, 0.6) is 0 Å². The van der Waals surface area contributed by atoms with Gasteiger partial charge in [0.15, 0.2) is 0 Å². The van der Waals surface area contributed by atoms with Crippen molar-refractivity contribution in [3.05, 3.63) is 35.7 Å². The first kappa shape index (κ1) is 12.0. The Labute approximate surface area is 102 Å². The highest BCUT2D eigenvalue weighted by Crippen LogP contribution is 2.20. The number of hydrogen-bond acceptors (Lipinski definition) is 3. The van der Waals surface area contributed by atoms with Crippen LogP contribution in [0.1, 0.15) is 31.2 Å². The van der Waals surface area contributed by atoms with E-state index < -0.39 is 0 Å². The number of fused-ring (bicyclic) bond motifs is 1. The molecule has 0 bridgehead atoms. The summed E-state index contributed by atoms with van der Waals surface area (Å²) in [5, 5.41) is 20.5. The van der Waals surface area contributed by atoms with Gasteiger partial charge in [-0.15, -0.1) is 0 Å². The lowest BCUT2D eigenvalue weighted by molar-refractivity contribution is 0.163. The molecule has 1 aromatic carbocycles. The van der Waals surface area contributed by atoms with Crippen LogP contribution in [0.25, 0.3) is 10.8 Å². The van der Waals surface area contributed by atoms with E-state index in [1.165, 1.54) is 0 Å². The Balaban J connectivity index is 2.38. The van der Waals surface area contributed by atoms with E-state index in [1.807, 2.05) is 25.1 Å². The third-order valence-corrected chi connectivity index (χ3v) is 3.00. The van der Waals surface area contributed by atoms with E-state index in [0.29, 0.717) is 6.42 Å². The first-order valence-electron chi connectivity index (χ1n) is 6.11. The number of rotatable bonds is 4. The van der Waals surface area contributed by atoms with Gasteiger partial charge in [-0.05, 0) is 13.3 Å². The first-order chi connectivity index (χ1) is 8.22. The summed E-state index contributed by atoms with van der Waals surface area (Å²) >= 11 is 0. The number of nitrogens with zero attached hydrogens (tertiary/aromatic N) is 2. The van der Waals surface area contributed by atoms with Gasteiger partial charge in [0.2, 0.25) is 0 Å². The topological polar surface area (TPSA) is 46.0 Å². The van der Waals surface area contributed by atoms with Gasteiger partial charge in [0.25, 0.3) is 0 Å². The largest absolute Gasteiger partial charge is 0.393 e. The monoisotopic (exact) mass is 230 g/mol. The fourth-order valence-corrected chi connectivity index (χ4v) is 2.10. The maximum atomic E-state index is 9.86. The molecular formula is C14H18N2O. The molecule has 0 saturated carbocycles. The molecular weight excluding hydrogens is 212 g/mol. The van der Waals surface area contributed by atoms with Gasteiger partial charge in [-0.25, -0.2) is 0 Å². The van der Waals surface area contributed by atoms with Crippen molar-refractivity contribution in [2.45, 2.75) is 39.2 Å². The molecule has 1 unspecified atom stereocenters. The SMILES string of the molecule is CCCC(O)Cc1nnc(C)c2ccccc12. The summed E-state index contributed by atoms with van der Waals surface area (Å²) in [7, 11) is 0. The predicted molar refractivity (Wildman–Crippen MR) is 68.9 cm³/mol. The molecule has 0 amide bonds. The second-order valence-electron chi connectivity index (χ2n) is 4.42. The van der Waals surface area contributed by atoms with Crippen LogP contribution in [0.2, 0.25) is 0 Å². The average molecular weight is 230 g/mol. The van der Waals surface area contributed by atoms with Crippen molar-refractivity contribution in [2.24, 2.45) is 0 Å². The summed E-state index contributed by atoms with van der Waals surface area (Å²) in [5.41, 5.74) is 1.83. The molecule has 3 heteroatoms. The molecule has 90 valence electrons. The van der Waals surface area contributed by atoms with Crippen LogP contribution in [-0.2, 0) is 6.42 Å². The molecule has 2 aromatic rings. The molecule has 0 fully saturated rings. The highest BCUT2D eigenvalue weighted by atomic mass is 16.3. The number of aliphatic hydroxyl groups is 1. The van der Waals surface area contributed by atoms with Crippen LogP contribution in [0.4, 0.5) is 0 Å². The molecule has 0 aliphatic heterocycles. The van der Waals surface area contributed by atoms with Crippen molar-refractivity contribution in [3.8, 4) is 0 Å². The Morgan fingerprint density at radius 3 is 2.59 bits per heavy atom. The molecule has 0 saturated heterocycles.